The van der Waals surface area contributed by atoms with E-state index in [0.29, 0.717) is 22.9 Å². The molecule has 2 aromatic carbocycles. The fourth-order valence-electron chi connectivity index (χ4n) is 3.90. The maximum Gasteiger partial charge on any atom is 0.264 e. The molecule has 1 amide bonds. The highest BCUT2D eigenvalue weighted by atomic mass is 16.5. The van der Waals surface area contributed by atoms with Crippen LogP contribution in [0, 0.1) is 0 Å². The summed E-state index contributed by atoms with van der Waals surface area (Å²) >= 11 is 0. The van der Waals surface area contributed by atoms with E-state index in [0.717, 1.165) is 27.8 Å². The Hall–Kier alpha value is -4.60. The molecule has 0 unspecified atom stereocenters. The Kier molecular flexibility index (Phi) is 5.25. The molecular weight excluding hydrogens is 434 g/mol. The Morgan fingerprint density at radius 2 is 1.74 bits per heavy atom. The number of carbonyl (C=O) groups excluding carboxylic acids is 1. The van der Waals surface area contributed by atoms with Crippen molar-refractivity contribution in [1.82, 2.24) is 29.1 Å². The van der Waals surface area contributed by atoms with Crippen LogP contribution in [0.5, 0.6) is 11.5 Å². The summed E-state index contributed by atoms with van der Waals surface area (Å²) in [6.07, 6.45) is 7.13. The van der Waals surface area contributed by atoms with E-state index in [-0.39, 0.29) is 5.91 Å². The van der Waals surface area contributed by atoms with Crippen LogP contribution >= 0.6 is 0 Å². The molecule has 0 aliphatic carbocycles. The third kappa shape index (κ3) is 3.64. The minimum absolute atomic E-state index is 0.290. The summed E-state index contributed by atoms with van der Waals surface area (Å²) in [5, 5.41) is 11.2. The molecule has 0 aliphatic rings. The highest BCUT2D eigenvalue weighted by molar-refractivity contribution is 6.08. The third-order valence-electron chi connectivity index (χ3n) is 5.64. The molecule has 0 fully saturated rings. The second kappa shape index (κ2) is 8.39. The second-order valence-corrected chi connectivity index (χ2v) is 7.74. The van der Waals surface area contributed by atoms with Crippen LogP contribution in [0.3, 0.4) is 0 Å². The number of fused-ring (bicyclic) bond motifs is 1. The first-order valence-corrected chi connectivity index (χ1v) is 10.5. The van der Waals surface area contributed by atoms with Crippen LogP contribution < -0.4 is 14.8 Å². The van der Waals surface area contributed by atoms with Gasteiger partial charge in [-0.15, -0.1) is 0 Å². The van der Waals surface area contributed by atoms with Crippen molar-refractivity contribution in [3.8, 4) is 28.3 Å². The Bertz CT molecular complexity index is 1490. The molecule has 0 aliphatic heterocycles. The van der Waals surface area contributed by atoms with Gasteiger partial charge in [0.2, 0.25) is 0 Å². The van der Waals surface area contributed by atoms with Gasteiger partial charge in [0, 0.05) is 44.1 Å². The number of carbonyl (C=O) groups is 1. The second-order valence-electron chi connectivity index (χ2n) is 7.74. The molecule has 0 saturated carbocycles. The predicted octanol–water partition coefficient (Wildman–Crippen LogP) is 3.43. The number of imidazole rings is 1. The van der Waals surface area contributed by atoms with Crippen LogP contribution in [0.25, 0.3) is 27.8 Å². The number of methoxy groups -OCH3 is 2. The molecule has 0 radical (unpaired) electrons. The number of aryl methyl sites for hydroxylation is 2. The quantitative estimate of drug-likeness (QED) is 0.419. The van der Waals surface area contributed by atoms with Crippen LogP contribution in [0.1, 0.15) is 10.4 Å². The molecule has 34 heavy (non-hydrogen) atoms. The minimum Gasteiger partial charge on any atom is -0.496 e. The van der Waals surface area contributed by atoms with Crippen molar-refractivity contribution >= 4 is 22.8 Å². The summed E-state index contributed by atoms with van der Waals surface area (Å²) in [7, 11) is 6.67. The Morgan fingerprint density at radius 3 is 2.35 bits per heavy atom. The monoisotopic (exact) mass is 457 g/mol. The average Bonchev–Trinajstić information content (AvgIpc) is 3.57. The van der Waals surface area contributed by atoms with Gasteiger partial charge in [0.15, 0.2) is 0 Å². The van der Waals surface area contributed by atoms with Gasteiger partial charge >= 0.3 is 0 Å². The van der Waals surface area contributed by atoms with Gasteiger partial charge in [0.05, 0.1) is 43.3 Å². The number of hydrogen-bond donors (Lipinski definition) is 1. The highest BCUT2D eigenvalue weighted by Crippen LogP contribution is 2.34. The fourth-order valence-corrected chi connectivity index (χ4v) is 3.90. The number of ether oxygens (including phenoxy) is 2. The van der Waals surface area contributed by atoms with Gasteiger partial charge < -0.3 is 14.8 Å². The lowest BCUT2D eigenvalue weighted by Gasteiger charge is -2.16. The van der Waals surface area contributed by atoms with Crippen LogP contribution in [-0.4, -0.2) is 49.2 Å². The van der Waals surface area contributed by atoms with E-state index in [1.165, 1.54) is 14.2 Å². The molecule has 0 atom stereocenters. The van der Waals surface area contributed by atoms with Gasteiger partial charge in [0.1, 0.15) is 29.2 Å². The van der Waals surface area contributed by atoms with Crippen molar-refractivity contribution in [2.75, 3.05) is 19.5 Å². The SMILES string of the molecule is COc1cc(-n2cnc3cc(-c4cnn(C)c4)ccc32)cc(OC)c1C(=O)Nc1ccnn1C. The van der Waals surface area contributed by atoms with Crippen molar-refractivity contribution in [2.24, 2.45) is 14.1 Å². The lowest BCUT2D eigenvalue weighted by atomic mass is 10.1. The third-order valence-corrected chi connectivity index (χ3v) is 5.64. The van der Waals surface area contributed by atoms with Crippen molar-refractivity contribution in [3.63, 3.8) is 0 Å². The number of hydrogen-bond acceptors (Lipinski definition) is 6. The molecule has 3 heterocycles. The molecule has 5 aromatic rings. The molecule has 0 saturated heterocycles. The first-order valence-electron chi connectivity index (χ1n) is 10.5. The summed E-state index contributed by atoms with van der Waals surface area (Å²) in [6, 6.07) is 11.3. The van der Waals surface area contributed by atoms with Crippen LogP contribution in [0.2, 0.25) is 0 Å². The lowest BCUT2D eigenvalue weighted by Crippen LogP contribution is -2.17. The van der Waals surface area contributed by atoms with Gasteiger partial charge in [-0.3, -0.25) is 18.7 Å². The number of nitrogens with one attached hydrogen (secondary N) is 1. The molecule has 0 bridgehead atoms. The Balaban J connectivity index is 1.55. The van der Waals surface area contributed by atoms with Gasteiger partial charge in [-0.2, -0.15) is 10.2 Å². The number of amides is 1. The van der Waals surface area contributed by atoms with Gasteiger partial charge in [-0.25, -0.2) is 4.98 Å². The number of benzene rings is 2. The maximum absolute atomic E-state index is 13.1. The smallest absolute Gasteiger partial charge is 0.264 e. The zero-order valence-corrected chi connectivity index (χ0v) is 19.2. The molecular formula is C24H23N7O3. The largest absolute Gasteiger partial charge is 0.496 e. The number of anilines is 1. The van der Waals surface area contributed by atoms with Gasteiger partial charge in [-0.1, -0.05) is 6.07 Å². The number of rotatable bonds is 6. The fraction of sp³-hybridized carbons (Fsp3) is 0.167. The van der Waals surface area contributed by atoms with E-state index in [4.69, 9.17) is 9.47 Å². The molecule has 3 aromatic heterocycles. The standard InChI is InChI=1S/C24H23N7O3/c1-29-13-16(12-27-29)15-5-6-19-18(9-15)25-14-31(19)17-10-20(33-3)23(21(11-17)34-4)24(32)28-22-7-8-26-30(22)2/h5-14H,1-4H3,(H,28,32). The first kappa shape index (κ1) is 21.3. The normalized spacial score (nSPS) is 11.1. The van der Waals surface area contributed by atoms with Crippen molar-refractivity contribution in [1.29, 1.82) is 0 Å². The van der Waals surface area contributed by atoms with E-state index in [9.17, 15) is 4.79 Å². The molecule has 10 heteroatoms. The molecule has 1 N–H and O–H groups in total. The molecule has 10 nitrogen and oxygen atoms in total. The van der Waals surface area contributed by atoms with Crippen LogP contribution in [0.15, 0.2) is 61.3 Å². The molecule has 172 valence electrons. The summed E-state index contributed by atoms with van der Waals surface area (Å²) in [4.78, 5) is 17.7. The van der Waals surface area contributed by atoms with Crippen molar-refractivity contribution in [2.45, 2.75) is 0 Å². The molecule has 5 rings (SSSR count). The highest BCUT2D eigenvalue weighted by Gasteiger charge is 2.22. The molecule has 0 spiro atoms. The predicted molar refractivity (Wildman–Crippen MR) is 128 cm³/mol. The van der Waals surface area contributed by atoms with Gasteiger partial charge in [0.25, 0.3) is 5.91 Å². The van der Waals surface area contributed by atoms with Gasteiger partial charge in [-0.05, 0) is 17.7 Å². The number of nitrogens with zero attached hydrogens (tertiary/aromatic N) is 6. The average molecular weight is 457 g/mol. The summed E-state index contributed by atoms with van der Waals surface area (Å²) in [6.45, 7) is 0. The summed E-state index contributed by atoms with van der Waals surface area (Å²) in [5.74, 6) is 0.953. The first-order chi connectivity index (χ1) is 16.5. The van der Waals surface area contributed by atoms with Crippen LogP contribution in [0.4, 0.5) is 5.82 Å². The van der Waals surface area contributed by atoms with Crippen molar-refractivity contribution < 1.29 is 14.3 Å². The number of aromatic nitrogens is 6. The Labute approximate surface area is 195 Å². The maximum atomic E-state index is 13.1. The Morgan fingerprint density at radius 1 is 0.971 bits per heavy atom. The van der Waals surface area contributed by atoms with E-state index >= 15 is 0 Å². The van der Waals surface area contributed by atoms with E-state index in [1.807, 2.05) is 42.2 Å². The van der Waals surface area contributed by atoms with E-state index in [2.05, 4.69) is 20.5 Å². The zero-order valence-electron chi connectivity index (χ0n) is 19.2. The summed E-state index contributed by atoms with van der Waals surface area (Å²) in [5.41, 5.74) is 4.83. The van der Waals surface area contributed by atoms with E-state index in [1.54, 1.807) is 47.1 Å². The van der Waals surface area contributed by atoms with Crippen molar-refractivity contribution in [3.05, 3.63) is 66.9 Å². The van der Waals surface area contributed by atoms with E-state index < -0.39 is 0 Å². The van der Waals surface area contributed by atoms with Crippen LogP contribution in [-0.2, 0) is 14.1 Å². The lowest BCUT2D eigenvalue weighted by molar-refractivity contribution is 0.102. The minimum atomic E-state index is -0.361. The zero-order chi connectivity index (χ0) is 23.8. The topological polar surface area (TPSA) is 101 Å². The summed E-state index contributed by atoms with van der Waals surface area (Å²) < 4.78 is 16.4.